The molecule has 6 heteroatoms. The minimum atomic E-state index is 0.664. The lowest BCUT2D eigenvalue weighted by atomic mass is 9.96. The second-order valence-electron chi connectivity index (χ2n) is 6.46. The molecule has 2 aromatic rings. The van der Waals surface area contributed by atoms with Crippen molar-refractivity contribution in [2.75, 3.05) is 25.0 Å². The van der Waals surface area contributed by atoms with E-state index in [2.05, 4.69) is 52.4 Å². The van der Waals surface area contributed by atoms with E-state index in [0.717, 1.165) is 35.9 Å². The summed E-state index contributed by atoms with van der Waals surface area (Å²) in [6.07, 6.45) is 5.11. The Morgan fingerprint density at radius 3 is 2.77 bits per heavy atom. The van der Waals surface area contributed by atoms with Crippen LogP contribution in [0.3, 0.4) is 0 Å². The van der Waals surface area contributed by atoms with Gasteiger partial charge in [0.2, 0.25) is 5.65 Å². The number of aromatic nitrogens is 4. The molecule has 0 saturated carbocycles. The van der Waals surface area contributed by atoms with Crippen LogP contribution in [0.1, 0.15) is 39.3 Å². The summed E-state index contributed by atoms with van der Waals surface area (Å²) in [5, 5.41) is 16.2. The fourth-order valence-corrected chi connectivity index (χ4v) is 3.11. The topological polar surface area (TPSA) is 58.3 Å². The highest BCUT2D eigenvalue weighted by atomic mass is 15.3. The predicted molar refractivity (Wildman–Crippen MR) is 88.1 cm³/mol. The molecule has 3 heterocycles. The zero-order valence-electron chi connectivity index (χ0n) is 13.8. The largest absolute Gasteiger partial charge is 0.382 e. The highest BCUT2D eigenvalue weighted by molar-refractivity contribution is 5.66. The Morgan fingerprint density at radius 2 is 2.09 bits per heavy atom. The third-order valence-corrected chi connectivity index (χ3v) is 4.64. The molecule has 0 unspecified atom stereocenters. The minimum Gasteiger partial charge on any atom is -0.382 e. The molecule has 0 aromatic carbocycles. The second-order valence-corrected chi connectivity index (χ2v) is 6.46. The Hall–Kier alpha value is -1.69. The van der Waals surface area contributed by atoms with Gasteiger partial charge in [-0.15, -0.1) is 10.2 Å². The first-order valence-electron chi connectivity index (χ1n) is 8.35. The Labute approximate surface area is 131 Å². The van der Waals surface area contributed by atoms with Crippen molar-refractivity contribution < 1.29 is 0 Å². The standard InChI is InChI=1S/C16H26N6/c1-4-14-9-15(16-19-18-11-22(16)20-14)17-10-13-5-7-21(8-6-13)12(2)3/h9,11-13,17H,4-8,10H2,1-3H3. The maximum absolute atomic E-state index is 4.48. The van der Waals surface area contributed by atoms with Crippen molar-refractivity contribution in [1.82, 2.24) is 24.7 Å². The van der Waals surface area contributed by atoms with E-state index in [1.54, 1.807) is 10.8 Å². The van der Waals surface area contributed by atoms with Crippen molar-refractivity contribution in [3.8, 4) is 0 Å². The zero-order chi connectivity index (χ0) is 15.5. The Balaban J connectivity index is 1.63. The van der Waals surface area contributed by atoms with Gasteiger partial charge in [0, 0.05) is 12.6 Å². The summed E-state index contributed by atoms with van der Waals surface area (Å²) in [6.45, 7) is 10.1. The molecule has 0 spiro atoms. The number of piperidine rings is 1. The number of likely N-dealkylation sites (tertiary alicyclic amines) is 1. The lowest BCUT2D eigenvalue weighted by Gasteiger charge is -2.34. The van der Waals surface area contributed by atoms with Gasteiger partial charge in [0.1, 0.15) is 6.33 Å². The molecule has 0 atom stereocenters. The third kappa shape index (κ3) is 3.21. The third-order valence-electron chi connectivity index (χ3n) is 4.64. The monoisotopic (exact) mass is 302 g/mol. The summed E-state index contributed by atoms with van der Waals surface area (Å²) in [4.78, 5) is 2.56. The number of aryl methyl sites for hydroxylation is 1. The lowest BCUT2D eigenvalue weighted by molar-refractivity contribution is 0.154. The summed E-state index contributed by atoms with van der Waals surface area (Å²) in [7, 11) is 0. The second kappa shape index (κ2) is 6.60. The van der Waals surface area contributed by atoms with Gasteiger partial charge in [-0.25, -0.2) is 0 Å². The number of anilines is 1. The number of fused-ring (bicyclic) bond motifs is 1. The fourth-order valence-electron chi connectivity index (χ4n) is 3.11. The van der Waals surface area contributed by atoms with E-state index in [9.17, 15) is 0 Å². The van der Waals surface area contributed by atoms with Crippen LogP contribution in [0.25, 0.3) is 5.65 Å². The molecule has 0 bridgehead atoms. The molecule has 0 amide bonds. The van der Waals surface area contributed by atoms with E-state index in [-0.39, 0.29) is 0 Å². The van der Waals surface area contributed by atoms with Crippen molar-refractivity contribution in [1.29, 1.82) is 0 Å². The highest BCUT2D eigenvalue weighted by Crippen LogP contribution is 2.21. The molecule has 1 aliphatic heterocycles. The Bertz CT molecular complexity index is 612. The molecular formula is C16H26N6. The summed E-state index contributed by atoms with van der Waals surface area (Å²) < 4.78 is 1.77. The number of nitrogens with zero attached hydrogens (tertiary/aromatic N) is 5. The first-order valence-corrected chi connectivity index (χ1v) is 8.35. The maximum atomic E-state index is 4.48. The van der Waals surface area contributed by atoms with Crippen molar-refractivity contribution in [3.05, 3.63) is 18.1 Å². The highest BCUT2D eigenvalue weighted by Gasteiger charge is 2.21. The van der Waals surface area contributed by atoms with Crippen molar-refractivity contribution in [2.24, 2.45) is 5.92 Å². The molecule has 1 saturated heterocycles. The molecule has 1 fully saturated rings. The molecule has 3 rings (SSSR count). The molecule has 2 aromatic heterocycles. The predicted octanol–water partition coefficient (Wildman–Crippen LogP) is 2.22. The molecule has 0 aliphatic carbocycles. The normalized spacial score (nSPS) is 17.5. The quantitative estimate of drug-likeness (QED) is 0.918. The molecular weight excluding hydrogens is 276 g/mol. The van der Waals surface area contributed by atoms with Crippen LogP contribution in [0.15, 0.2) is 12.4 Å². The summed E-state index contributed by atoms with van der Waals surface area (Å²) >= 11 is 0. The smallest absolute Gasteiger partial charge is 0.200 e. The molecule has 120 valence electrons. The van der Waals surface area contributed by atoms with Crippen molar-refractivity contribution >= 4 is 11.3 Å². The first kappa shape index (κ1) is 15.2. The van der Waals surface area contributed by atoms with Gasteiger partial charge in [0.15, 0.2) is 0 Å². The minimum absolute atomic E-state index is 0.664. The van der Waals surface area contributed by atoms with Gasteiger partial charge in [-0.1, -0.05) is 6.92 Å². The average molecular weight is 302 g/mol. The van der Waals surface area contributed by atoms with E-state index in [4.69, 9.17) is 0 Å². The molecule has 1 aliphatic rings. The first-order chi connectivity index (χ1) is 10.7. The number of hydrogen-bond acceptors (Lipinski definition) is 5. The zero-order valence-corrected chi connectivity index (χ0v) is 13.8. The lowest BCUT2D eigenvalue weighted by Crippen LogP contribution is -2.39. The van der Waals surface area contributed by atoms with Gasteiger partial charge >= 0.3 is 0 Å². The maximum Gasteiger partial charge on any atom is 0.200 e. The molecule has 22 heavy (non-hydrogen) atoms. The van der Waals surface area contributed by atoms with Gasteiger partial charge in [-0.2, -0.15) is 9.61 Å². The SMILES string of the molecule is CCc1cc(NCC2CCN(C(C)C)CC2)c2nncn2n1. The van der Waals surface area contributed by atoms with E-state index in [1.165, 1.54) is 25.9 Å². The van der Waals surface area contributed by atoms with E-state index >= 15 is 0 Å². The molecule has 6 nitrogen and oxygen atoms in total. The van der Waals surface area contributed by atoms with Gasteiger partial charge in [-0.05, 0) is 58.2 Å². The summed E-state index contributed by atoms with van der Waals surface area (Å²) in [5.41, 5.74) is 2.93. The van der Waals surface area contributed by atoms with Crippen LogP contribution >= 0.6 is 0 Å². The van der Waals surface area contributed by atoms with Crippen molar-refractivity contribution in [3.63, 3.8) is 0 Å². The van der Waals surface area contributed by atoms with Crippen LogP contribution in [0.5, 0.6) is 0 Å². The van der Waals surface area contributed by atoms with Crippen LogP contribution < -0.4 is 5.32 Å². The van der Waals surface area contributed by atoms with Crippen LogP contribution in [0.4, 0.5) is 5.69 Å². The van der Waals surface area contributed by atoms with E-state index < -0.39 is 0 Å². The number of nitrogens with one attached hydrogen (secondary N) is 1. The molecule has 0 radical (unpaired) electrons. The van der Waals surface area contributed by atoms with Crippen LogP contribution in [-0.4, -0.2) is 50.4 Å². The number of hydrogen-bond donors (Lipinski definition) is 1. The van der Waals surface area contributed by atoms with Gasteiger partial charge in [-0.3, -0.25) is 0 Å². The van der Waals surface area contributed by atoms with E-state index in [0.29, 0.717) is 6.04 Å². The number of rotatable bonds is 5. The van der Waals surface area contributed by atoms with Gasteiger partial charge in [0.05, 0.1) is 11.4 Å². The van der Waals surface area contributed by atoms with E-state index in [1.807, 2.05) is 0 Å². The van der Waals surface area contributed by atoms with Crippen LogP contribution in [0, 0.1) is 5.92 Å². The summed E-state index contributed by atoms with van der Waals surface area (Å²) in [5.74, 6) is 0.733. The summed E-state index contributed by atoms with van der Waals surface area (Å²) in [6, 6.07) is 2.77. The average Bonchev–Trinajstić information content (AvgIpc) is 3.01. The van der Waals surface area contributed by atoms with Crippen molar-refractivity contribution in [2.45, 2.75) is 46.1 Å². The fraction of sp³-hybridized carbons (Fsp3) is 0.688. The van der Waals surface area contributed by atoms with Crippen LogP contribution in [-0.2, 0) is 6.42 Å². The Kier molecular flexibility index (Phi) is 4.57. The molecule has 1 N–H and O–H groups in total. The van der Waals surface area contributed by atoms with Gasteiger partial charge in [0.25, 0.3) is 0 Å². The Morgan fingerprint density at radius 1 is 1.32 bits per heavy atom. The van der Waals surface area contributed by atoms with Crippen LogP contribution in [0.2, 0.25) is 0 Å². The van der Waals surface area contributed by atoms with Gasteiger partial charge < -0.3 is 10.2 Å².